The molecule has 0 aliphatic heterocycles. The molecule has 108 valence electrons. The van der Waals surface area contributed by atoms with Crippen molar-refractivity contribution in [3.05, 3.63) is 71.3 Å². The molecule has 0 unspecified atom stereocenters. The Kier molecular flexibility index (Phi) is 4.77. The lowest BCUT2D eigenvalue weighted by Gasteiger charge is -2.06. The molecule has 0 aromatic heterocycles. The van der Waals surface area contributed by atoms with Crippen molar-refractivity contribution in [2.45, 2.75) is 6.42 Å². The number of halogens is 2. The summed E-state index contributed by atoms with van der Waals surface area (Å²) in [6.07, 6.45) is -0.314. The summed E-state index contributed by atoms with van der Waals surface area (Å²) in [5, 5.41) is 2.40. The van der Waals surface area contributed by atoms with Gasteiger partial charge in [0.05, 0.1) is 13.0 Å². The van der Waals surface area contributed by atoms with E-state index in [2.05, 4.69) is 5.32 Å². The van der Waals surface area contributed by atoms with Gasteiger partial charge in [0.25, 0.3) is 0 Å². The van der Waals surface area contributed by atoms with Crippen molar-refractivity contribution in [3.63, 3.8) is 0 Å². The van der Waals surface area contributed by atoms with Gasteiger partial charge in [-0.3, -0.25) is 9.59 Å². The number of nitrogens with one attached hydrogen (secondary N) is 1. The van der Waals surface area contributed by atoms with Crippen LogP contribution >= 0.6 is 0 Å². The average Bonchev–Trinajstić information content (AvgIpc) is 2.50. The Bertz CT molecular complexity index is 657. The second-order valence-electron chi connectivity index (χ2n) is 4.46. The van der Waals surface area contributed by atoms with E-state index in [1.807, 2.05) is 0 Å². The SMILES string of the molecule is O=C(Cc1cccc(F)c1F)NCC(=O)c1ccccc1. The van der Waals surface area contributed by atoms with E-state index in [4.69, 9.17) is 0 Å². The number of benzene rings is 2. The van der Waals surface area contributed by atoms with Crippen LogP contribution in [0.5, 0.6) is 0 Å². The highest BCUT2D eigenvalue weighted by molar-refractivity contribution is 5.99. The topological polar surface area (TPSA) is 46.2 Å². The third kappa shape index (κ3) is 3.95. The van der Waals surface area contributed by atoms with E-state index in [-0.39, 0.29) is 24.3 Å². The van der Waals surface area contributed by atoms with Crippen LogP contribution in [-0.2, 0) is 11.2 Å². The third-order valence-electron chi connectivity index (χ3n) is 2.92. The lowest BCUT2D eigenvalue weighted by Crippen LogP contribution is -2.31. The van der Waals surface area contributed by atoms with Crippen LogP contribution in [0.15, 0.2) is 48.5 Å². The van der Waals surface area contributed by atoms with E-state index in [9.17, 15) is 18.4 Å². The number of ketones is 1. The standard InChI is InChI=1S/C16H13F2NO2/c17-13-8-4-7-12(16(13)18)9-15(21)19-10-14(20)11-5-2-1-3-6-11/h1-8H,9-10H2,(H,19,21). The van der Waals surface area contributed by atoms with Gasteiger partial charge in [0.1, 0.15) is 0 Å². The second kappa shape index (κ2) is 6.74. The molecular formula is C16H13F2NO2. The van der Waals surface area contributed by atoms with Crippen LogP contribution in [0, 0.1) is 11.6 Å². The van der Waals surface area contributed by atoms with Crippen molar-refractivity contribution in [1.82, 2.24) is 5.32 Å². The Morgan fingerprint density at radius 3 is 2.38 bits per heavy atom. The van der Waals surface area contributed by atoms with Crippen molar-refractivity contribution in [2.24, 2.45) is 0 Å². The van der Waals surface area contributed by atoms with Crippen LogP contribution in [0.1, 0.15) is 15.9 Å². The monoisotopic (exact) mass is 289 g/mol. The van der Waals surface area contributed by atoms with Gasteiger partial charge >= 0.3 is 0 Å². The predicted molar refractivity (Wildman–Crippen MR) is 73.8 cm³/mol. The van der Waals surface area contributed by atoms with Crippen molar-refractivity contribution in [3.8, 4) is 0 Å². The fourth-order valence-electron chi connectivity index (χ4n) is 1.83. The summed E-state index contributed by atoms with van der Waals surface area (Å²) in [5.41, 5.74) is 0.439. The summed E-state index contributed by atoms with van der Waals surface area (Å²) in [7, 11) is 0. The highest BCUT2D eigenvalue weighted by Gasteiger charge is 2.13. The van der Waals surface area contributed by atoms with Crippen LogP contribution < -0.4 is 5.32 Å². The Balaban J connectivity index is 1.91. The number of Topliss-reactive ketones (excluding diaryl/α,β-unsaturated/α-hetero) is 1. The predicted octanol–water partition coefficient (Wildman–Crippen LogP) is 2.51. The number of hydrogen-bond donors (Lipinski definition) is 1. The summed E-state index contributed by atoms with van der Waals surface area (Å²) in [6.45, 7) is -0.181. The number of amides is 1. The summed E-state index contributed by atoms with van der Waals surface area (Å²) >= 11 is 0. The Hall–Kier alpha value is -2.56. The fourth-order valence-corrected chi connectivity index (χ4v) is 1.83. The van der Waals surface area contributed by atoms with E-state index < -0.39 is 17.5 Å². The van der Waals surface area contributed by atoms with Crippen LogP contribution in [0.4, 0.5) is 8.78 Å². The van der Waals surface area contributed by atoms with Gasteiger partial charge in [-0.15, -0.1) is 0 Å². The molecule has 21 heavy (non-hydrogen) atoms. The number of carbonyl (C=O) groups excluding carboxylic acids is 2. The van der Waals surface area contributed by atoms with Gasteiger partial charge in [0.15, 0.2) is 17.4 Å². The first kappa shape index (κ1) is 14.8. The van der Waals surface area contributed by atoms with E-state index >= 15 is 0 Å². The van der Waals surface area contributed by atoms with Gasteiger partial charge in [0, 0.05) is 11.1 Å². The van der Waals surface area contributed by atoms with Gasteiger partial charge in [-0.1, -0.05) is 42.5 Å². The zero-order chi connectivity index (χ0) is 15.2. The first-order valence-electron chi connectivity index (χ1n) is 6.36. The Morgan fingerprint density at radius 2 is 1.67 bits per heavy atom. The number of hydrogen-bond acceptors (Lipinski definition) is 2. The minimum absolute atomic E-state index is 0.0420. The van der Waals surface area contributed by atoms with Gasteiger partial charge in [0.2, 0.25) is 5.91 Å². The lowest BCUT2D eigenvalue weighted by molar-refractivity contribution is -0.120. The zero-order valence-corrected chi connectivity index (χ0v) is 11.1. The van der Waals surface area contributed by atoms with Crippen LogP contribution in [0.3, 0.4) is 0 Å². The van der Waals surface area contributed by atoms with Gasteiger partial charge in [-0.2, -0.15) is 0 Å². The molecule has 2 aromatic carbocycles. The zero-order valence-electron chi connectivity index (χ0n) is 11.1. The maximum atomic E-state index is 13.4. The third-order valence-corrected chi connectivity index (χ3v) is 2.92. The van der Waals surface area contributed by atoms with Crippen LogP contribution in [0.2, 0.25) is 0 Å². The Labute approximate surface area is 120 Å². The van der Waals surface area contributed by atoms with Crippen molar-refractivity contribution < 1.29 is 18.4 Å². The molecule has 0 atom stereocenters. The van der Waals surface area contributed by atoms with Gasteiger partial charge < -0.3 is 5.32 Å². The molecule has 2 rings (SSSR count). The molecule has 0 saturated carbocycles. The maximum Gasteiger partial charge on any atom is 0.224 e. The van der Waals surface area contributed by atoms with Crippen LogP contribution in [0.25, 0.3) is 0 Å². The molecule has 0 radical (unpaired) electrons. The molecule has 0 fully saturated rings. The molecule has 1 amide bonds. The number of rotatable bonds is 5. The van der Waals surface area contributed by atoms with E-state index in [0.717, 1.165) is 6.07 Å². The first-order valence-corrected chi connectivity index (χ1v) is 6.36. The normalized spacial score (nSPS) is 10.2. The molecule has 2 aromatic rings. The molecule has 0 heterocycles. The molecule has 0 spiro atoms. The lowest BCUT2D eigenvalue weighted by atomic mass is 10.1. The quantitative estimate of drug-likeness (QED) is 0.860. The molecule has 1 N–H and O–H groups in total. The summed E-state index contributed by atoms with van der Waals surface area (Å²) < 4.78 is 26.4. The average molecular weight is 289 g/mol. The van der Waals surface area contributed by atoms with Crippen molar-refractivity contribution in [2.75, 3.05) is 6.54 Å². The van der Waals surface area contributed by atoms with E-state index in [1.54, 1.807) is 30.3 Å². The maximum absolute atomic E-state index is 13.4. The molecule has 5 heteroatoms. The summed E-state index contributed by atoms with van der Waals surface area (Å²) in [4.78, 5) is 23.4. The summed E-state index contributed by atoms with van der Waals surface area (Å²) in [6, 6.07) is 12.1. The molecular weight excluding hydrogens is 276 g/mol. The fraction of sp³-hybridized carbons (Fsp3) is 0.125. The number of carbonyl (C=O) groups is 2. The second-order valence-corrected chi connectivity index (χ2v) is 4.46. The minimum Gasteiger partial charge on any atom is -0.348 e. The van der Waals surface area contributed by atoms with Gasteiger partial charge in [-0.25, -0.2) is 8.78 Å². The smallest absolute Gasteiger partial charge is 0.224 e. The first-order chi connectivity index (χ1) is 10.1. The highest BCUT2D eigenvalue weighted by Crippen LogP contribution is 2.11. The molecule has 0 aliphatic carbocycles. The molecule has 0 aliphatic rings. The van der Waals surface area contributed by atoms with Crippen molar-refractivity contribution >= 4 is 11.7 Å². The van der Waals surface area contributed by atoms with Gasteiger partial charge in [-0.05, 0) is 6.07 Å². The largest absolute Gasteiger partial charge is 0.348 e. The Morgan fingerprint density at radius 1 is 0.952 bits per heavy atom. The van der Waals surface area contributed by atoms with E-state index in [0.29, 0.717) is 5.56 Å². The summed E-state index contributed by atoms with van der Waals surface area (Å²) in [5.74, 6) is -2.82. The highest BCUT2D eigenvalue weighted by atomic mass is 19.2. The van der Waals surface area contributed by atoms with Crippen LogP contribution in [-0.4, -0.2) is 18.2 Å². The minimum atomic E-state index is -1.04. The molecule has 0 saturated heterocycles. The molecule has 0 bridgehead atoms. The molecule has 3 nitrogen and oxygen atoms in total. The van der Waals surface area contributed by atoms with Crippen molar-refractivity contribution in [1.29, 1.82) is 0 Å². The van der Waals surface area contributed by atoms with E-state index in [1.165, 1.54) is 12.1 Å².